The number of likely N-dealkylation sites (tertiary alicyclic amines) is 1. The first kappa shape index (κ1) is 22.2. The van der Waals surface area contributed by atoms with Crippen LogP contribution in [0.2, 0.25) is 0 Å². The van der Waals surface area contributed by atoms with Crippen LogP contribution in [0.4, 0.5) is 17.6 Å². The molecule has 2 aromatic rings. The maximum atomic E-state index is 13.8. The first-order valence-corrected chi connectivity index (χ1v) is 10.3. The molecule has 2 fully saturated rings. The molecule has 2 saturated heterocycles. The molecule has 3 heterocycles. The Balaban J connectivity index is 1.46. The molecular formula is C20H22F4N6O2. The third-order valence-corrected chi connectivity index (χ3v) is 5.69. The van der Waals surface area contributed by atoms with Gasteiger partial charge in [0.05, 0.1) is 12.2 Å². The maximum absolute atomic E-state index is 13.8. The summed E-state index contributed by atoms with van der Waals surface area (Å²) in [4.78, 5) is 30.1. The summed E-state index contributed by atoms with van der Waals surface area (Å²) in [6, 6.07) is 4.26. The largest absolute Gasteiger partial charge is 0.435 e. The van der Waals surface area contributed by atoms with Crippen LogP contribution in [0.25, 0.3) is 5.69 Å². The van der Waals surface area contributed by atoms with Gasteiger partial charge in [-0.1, -0.05) is 5.21 Å². The van der Waals surface area contributed by atoms with Crippen LogP contribution in [0.3, 0.4) is 0 Å². The molecule has 0 N–H and O–H groups in total. The van der Waals surface area contributed by atoms with Crippen LogP contribution < -0.4 is 0 Å². The van der Waals surface area contributed by atoms with E-state index >= 15 is 0 Å². The summed E-state index contributed by atoms with van der Waals surface area (Å²) in [5, 5.41) is 7.02. The highest BCUT2D eigenvalue weighted by atomic mass is 19.4. The van der Waals surface area contributed by atoms with Gasteiger partial charge in [0.2, 0.25) is 5.91 Å². The Bertz CT molecular complexity index is 977. The molecule has 2 aliphatic rings. The molecule has 1 aromatic heterocycles. The zero-order valence-electron chi connectivity index (χ0n) is 17.2. The second-order valence-corrected chi connectivity index (χ2v) is 7.83. The number of rotatable bonds is 4. The SMILES string of the molecule is O=C(CN1CCN(C(=O)c2nnn(-c3ccc(F)cc3)c2C(F)(F)F)CC1)N1CCCC1. The summed E-state index contributed by atoms with van der Waals surface area (Å²) in [7, 11) is 0. The third-order valence-electron chi connectivity index (χ3n) is 5.69. The maximum Gasteiger partial charge on any atom is 0.435 e. The van der Waals surface area contributed by atoms with Crippen LogP contribution in [-0.2, 0) is 11.0 Å². The highest BCUT2D eigenvalue weighted by Crippen LogP contribution is 2.33. The van der Waals surface area contributed by atoms with Crippen molar-refractivity contribution in [2.75, 3.05) is 45.8 Å². The number of halogens is 4. The highest BCUT2D eigenvalue weighted by molar-refractivity contribution is 5.93. The normalized spacial score (nSPS) is 17.8. The Hall–Kier alpha value is -3.02. The molecule has 32 heavy (non-hydrogen) atoms. The number of amides is 2. The number of hydrogen-bond acceptors (Lipinski definition) is 5. The summed E-state index contributed by atoms with van der Waals surface area (Å²) >= 11 is 0. The molecule has 0 aliphatic carbocycles. The van der Waals surface area contributed by atoms with Crippen molar-refractivity contribution in [3.63, 3.8) is 0 Å². The number of alkyl halides is 3. The number of piperazine rings is 1. The van der Waals surface area contributed by atoms with Crippen LogP contribution in [-0.4, -0.2) is 87.3 Å². The van der Waals surface area contributed by atoms with Crippen LogP contribution in [0.5, 0.6) is 0 Å². The van der Waals surface area contributed by atoms with Gasteiger partial charge in [-0.15, -0.1) is 5.10 Å². The minimum Gasteiger partial charge on any atom is -0.342 e. The van der Waals surface area contributed by atoms with E-state index in [1.165, 1.54) is 4.90 Å². The van der Waals surface area contributed by atoms with E-state index in [1.54, 1.807) is 4.90 Å². The van der Waals surface area contributed by atoms with Gasteiger partial charge in [0, 0.05) is 39.3 Å². The lowest BCUT2D eigenvalue weighted by atomic mass is 10.2. The number of hydrogen-bond donors (Lipinski definition) is 0. The van der Waals surface area contributed by atoms with E-state index in [0.29, 0.717) is 17.8 Å². The predicted molar refractivity (Wildman–Crippen MR) is 104 cm³/mol. The first-order valence-electron chi connectivity index (χ1n) is 10.3. The predicted octanol–water partition coefficient (Wildman–Crippen LogP) is 1.81. The monoisotopic (exact) mass is 454 g/mol. The summed E-state index contributed by atoms with van der Waals surface area (Å²) in [5.41, 5.74) is -2.17. The lowest BCUT2D eigenvalue weighted by Crippen LogP contribution is -2.51. The molecule has 0 radical (unpaired) electrons. The number of carbonyl (C=O) groups excluding carboxylic acids is 2. The van der Waals surface area contributed by atoms with Gasteiger partial charge in [-0.2, -0.15) is 13.2 Å². The summed E-state index contributed by atoms with van der Waals surface area (Å²) in [6.45, 7) is 2.83. The van der Waals surface area contributed by atoms with Crippen molar-refractivity contribution in [1.82, 2.24) is 29.7 Å². The zero-order chi connectivity index (χ0) is 22.9. The molecule has 0 unspecified atom stereocenters. The molecule has 8 nitrogen and oxygen atoms in total. The Morgan fingerprint density at radius 2 is 1.53 bits per heavy atom. The molecule has 2 amide bonds. The van der Waals surface area contributed by atoms with E-state index in [4.69, 9.17) is 0 Å². The van der Waals surface area contributed by atoms with Gasteiger partial charge in [-0.25, -0.2) is 9.07 Å². The molecule has 0 atom stereocenters. The zero-order valence-corrected chi connectivity index (χ0v) is 17.2. The van der Waals surface area contributed by atoms with E-state index in [0.717, 1.165) is 50.2 Å². The number of benzene rings is 1. The van der Waals surface area contributed by atoms with E-state index in [2.05, 4.69) is 10.3 Å². The topological polar surface area (TPSA) is 74.6 Å². The number of aromatic nitrogens is 3. The summed E-state index contributed by atoms with van der Waals surface area (Å²) < 4.78 is 55.0. The minimum atomic E-state index is -4.90. The average Bonchev–Trinajstić information content (AvgIpc) is 3.44. The Kier molecular flexibility index (Phi) is 6.13. The van der Waals surface area contributed by atoms with Crippen LogP contribution in [0.15, 0.2) is 24.3 Å². The molecule has 172 valence electrons. The van der Waals surface area contributed by atoms with Crippen molar-refractivity contribution >= 4 is 11.8 Å². The molecule has 0 spiro atoms. The Morgan fingerprint density at radius 1 is 0.906 bits per heavy atom. The molecule has 2 aliphatic heterocycles. The van der Waals surface area contributed by atoms with E-state index in [-0.39, 0.29) is 31.2 Å². The van der Waals surface area contributed by atoms with E-state index < -0.39 is 29.3 Å². The fraction of sp³-hybridized carbons (Fsp3) is 0.500. The minimum absolute atomic E-state index is 0.0314. The van der Waals surface area contributed by atoms with Crippen molar-refractivity contribution in [1.29, 1.82) is 0 Å². The van der Waals surface area contributed by atoms with Gasteiger partial charge >= 0.3 is 6.18 Å². The van der Waals surface area contributed by atoms with Crippen molar-refractivity contribution in [3.05, 3.63) is 41.5 Å². The van der Waals surface area contributed by atoms with E-state index in [1.807, 2.05) is 4.90 Å². The molecule has 1 aromatic carbocycles. The smallest absolute Gasteiger partial charge is 0.342 e. The lowest BCUT2D eigenvalue weighted by Gasteiger charge is -2.34. The number of nitrogens with zero attached hydrogens (tertiary/aromatic N) is 6. The van der Waals surface area contributed by atoms with Crippen molar-refractivity contribution < 1.29 is 27.2 Å². The van der Waals surface area contributed by atoms with Gasteiger partial charge in [0.15, 0.2) is 11.4 Å². The van der Waals surface area contributed by atoms with Crippen LogP contribution in [0, 0.1) is 5.82 Å². The second kappa shape index (κ2) is 8.85. The van der Waals surface area contributed by atoms with Crippen LogP contribution >= 0.6 is 0 Å². The summed E-state index contributed by atoms with van der Waals surface area (Å²) in [5.74, 6) is -1.46. The third kappa shape index (κ3) is 4.59. The second-order valence-electron chi connectivity index (χ2n) is 7.83. The summed E-state index contributed by atoms with van der Waals surface area (Å²) in [6.07, 6.45) is -2.91. The van der Waals surface area contributed by atoms with Gasteiger partial charge in [0.1, 0.15) is 5.82 Å². The molecule has 12 heteroatoms. The van der Waals surface area contributed by atoms with Crippen molar-refractivity contribution in [2.24, 2.45) is 0 Å². The Morgan fingerprint density at radius 3 is 2.12 bits per heavy atom. The molecule has 0 bridgehead atoms. The van der Waals surface area contributed by atoms with Crippen molar-refractivity contribution in [2.45, 2.75) is 19.0 Å². The highest BCUT2D eigenvalue weighted by Gasteiger charge is 2.43. The quantitative estimate of drug-likeness (QED) is 0.659. The van der Waals surface area contributed by atoms with Crippen LogP contribution in [0.1, 0.15) is 29.0 Å². The van der Waals surface area contributed by atoms with Gasteiger partial charge in [0.25, 0.3) is 5.91 Å². The average molecular weight is 454 g/mol. The Labute approximate surface area is 181 Å². The van der Waals surface area contributed by atoms with Gasteiger partial charge in [-0.05, 0) is 37.1 Å². The fourth-order valence-electron chi connectivity index (χ4n) is 3.96. The lowest BCUT2D eigenvalue weighted by molar-refractivity contribution is -0.143. The molecular weight excluding hydrogens is 432 g/mol. The molecule has 0 saturated carbocycles. The van der Waals surface area contributed by atoms with E-state index in [9.17, 15) is 27.2 Å². The van der Waals surface area contributed by atoms with Crippen molar-refractivity contribution in [3.8, 4) is 5.69 Å². The first-order chi connectivity index (χ1) is 15.2. The fourth-order valence-corrected chi connectivity index (χ4v) is 3.96. The molecule has 4 rings (SSSR count). The number of carbonyl (C=O) groups is 2. The van der Waals surface area contributed by atoms with Gasteiger partial charge < -0.3 is 9.80 Å². The van der Waals surface area contributed by atoms with Gasteiger partial charge in [-0.3, -0.25) is 14.5 Å². The standard InChI is InChI=1S/C20H22F4N6O2/c21-14-3-5-15(6-4-14)30-18(20(22,23)24)17(25-26-30)19(32)29-11-9-27(10-12-29)13-16(31)28-7-1-2-8-28/h3-6H,1-2,7-13H2.